The second-order valence-electron chi connectivity index (χ2n) is 9.05. The molecule has 0 aromatic heterocycles. The fourth-order valence-corrected chi connectivity index (χ4v) is 4.80. The van der Waals surface area contributed by atoms with Gasteiger partial charge in [-0.15, -0.1) is 0 Å². The largest absolute Gasteiger partial charge is 0.460 e. The summed E-state index contributed by atoms with van der Waals surface area (Å²) < 4.78 is 11.5. The first-order chi connectivity index (χ1) is 14.0. The molecule has 0 spiro atoms. The number of hydrogen-bond acceptors (Lipinski definition) is 4. The number of fused-ring (bicyclic) bond motifs is 2. The summed E-state index contributed by atoms with van der Waals surface area (Å²) in [4.78, 5) is 24.8. The molecule has 0 radical (unpaired) electrons. The highest BCUT2D eigenvalue weighted by molar-refractivity contribution is 6.10. The van der Waals surface area contributed by atoms with Crippen molar-refractivity contribution in [2.75, 3.05) is 0 Å². The fraction of sp³-hybridized carbons (Fsp3) is 0.462. The molecule has 2 aliphatic heterocycles. The van der Waals surface area contributed by atoms with Crippen molar-refractivity contribution >= 4 is 11.8 Å². The van der Waals surface area contributed by atoms with Crippen molar-refractivity contribution in [3.05, 3.63) is 71.9 Å². The second-order valence-corrected chi connectivity index (χ2v) is 9.05. The molecule has 0 aromatic carbocycles. The topological polar surface area (TPSA) is 52.6 Å². The third kappa shape index (κ3) is 3.37. The number of ether oxygens (including phenoxy) is 2. The minimum absolute atomic E-state index is 0.0189. The highest BCUT2D eigenvalue weighted by Crippen LogP contribution is 2.60. The molecule has 4 heteroatoms. The molecule has 0 unspecified atom stereocenters. The number of esters is 1. The summed E-state index contributed by atoms with van der Waals surface area (Å²) in [5, 5.41) is 0. The first-order valence-electron chi connectivity index (χ1n) is 10.5. The van der Waals surface area contributed by atoms with Gasteiger partial charge in [-0.2, -0.15) is 0 Å². The molecule has 0 aromatic rings. The van der Waals surface area contributed by atoms with Crippen LogP contribution in [0.25, 0.3) is 0 Å². The van der Waals surface area contributed by atoms with Crippen LogP contribution in [0.1, 0.15) is 41.5 Å². The maximum Gasteiger partial charge on any atom is 0.320 e. The predicted molar refractivity (Wildman–Crippen MR) is 119 cm³/mol. The monoisotopic (exact) mass is 408 g/mol. The standard InChI is InChI=1S/C26H32O4/c1-16(21-18(3)15-17(2)20(5)29-21)13-11-9-8-10-12-14-25(6)23-19(4)22(27)26(25,7)24(28)30-23/h8-15,19-21,23H,2H2,1,3-7H3/b10-8+,11-9+,14-12+,16-13+/t19-,20-,21-,23-,25+,26-/m0/s1. The molecular weight excluding hydrogens is 376 g/mol. The second kappa shape index (κ2) is 7.99. The van der Waals surface area contributed by atoms with Crippen LogP contribution in [-0.4, -0.2) is 30.1 Å². The summed E-state index contributed by atoms with van der Waals surface area (Å²) in [6.45, 7) is 15.6. The van der Waals surface area contributed by atoms with Gasteiger partial charge in [-0.1, -0.05) is 69.0 Å². The van der Waals surface area contributed by atoms with E-state index in [2.05, 4.69) is 26.5 Å². The van der Waals surface area contributed by atoms with E-state index in [9.17, 15) is 9.59 Å². The van der Waals surface area contributed by atoms with Crippen LogP contribution in [0.15, 0.2) is 71.9 Å². The van der Waals surface area contributed by atoms with E-state index in [0.29, 0.717) is 0 Å². The number of Topliss-reactive ketones (excluding diaryl/α,β-unsaturated/α-hetero) is 1. The summed E-state index contributed by atoms with van der Waals surface area (Å²) in [6.07, 6.45) is 15.3. The Bertz CT molecular complexity index is 915. The summed E-state index contributed by atoms with van der Waals surface area (Å²) in [5.41, 5.74) is 1.59. The van der Waals surface area contributed by atoms with Crippen LogP contribution in [0.2, 0.25) is 0 Å². The lowest BCUT2D eigenvalue weighted by molar-refractivity contribution is -0.161. The maximum absolute atomic E-state index is 12.6. The van der Waals surface area contributed by atoms with Gasteiger partial charge in [0.15, 0.2) is 5.78 Å². The molecule has 4 nitrogen and oxygen atoms in total. The molecule has 30 heavy (non-hydrogen) atoms. The van der Waals surface area contributed by atoms with Crippen LogP contribution in [0.5, 0.6) is 0 Å². The van der Waals surface area contributed by atoms with Gasteiger partial charge >= 0.3 is 5.97 Å². The zero-order valence-electron chi connectivity index (χ0n) is 18.8. The lowest BCUT2D eigenvalue weighted by Gasteiger charge is -2.29. The minimum atomic E-state index is -1.09. The molecule has 2 bridgehead atoms. The average Bonchev–Trinajstić information content (AvgIpc) is 2.97. The van der Waals surface area contributed by atoms with E-state index in [1.54, 1.807) is 6.92 Å². The summed E-state index contributed by atoms with van der Waals surface area (Å²) in [6, 6.07) is 0. The quantitative estimate of drug-likeness (QED) is 0.363. The molecule has 2 heterocycles. The van der Waals surface area contributed by atoms with Gasteiger partial charge in [-0.05, 0) is 44.4 Å². The van der Waals surface area contributed by atoms with Crippen LogP contribution < -0.4 is 0 Å². The Morgan fingerprint density at radius 1 is 1.10 bits per heavy atom. The summed E-state index contributed by atoms with van der Waals surface area (Å²) in [7, 11) is 0. The zero-order chi connectivity index (χ0) is 22.3. The van der Waals surface area contributed by atoms with Gasteiger partial charge in [-0.25, -0.2) is 0 Å². The van der Waals surface area contributed by atoms with E-state index < -0.39 is 22.9 Å². The SMILES string of the molecule is C=C1C=C(C)[C@H](/C(C)=C/C=C/C=C/C=C/[C@]2(C)[C@H]3OC(=O)[C@]2(C)C(=O)[C@@H]3C)O[C@H]1C. The highest BCUT2D eigenvalue weighted by Gasteiger charge is 2.73. The first-order valence-corrected chi connectivity index (χ1v) is 10.5. The van der Waals surface area contributed by atoms with Crippen molar-refractivity contribution < 1.29 is 19.1 Å². The van der Waals surface area contributed by atoms with Crippen molar-refractivity contribution in [2.45, 2.75) is 59.9 Å². The Balaban J connectivity index is 1.63. The molecular formula is C26H32O4. The van der Waals surface area contributed by atoms with Crippen molar-refractivity contribution in [1.82, 2.24) is 0 Å². The Morgan fingerprint density at radius 2 is 1.73 bits per heavy atom. The van der Waals surface area contributed by atoms with Crippen LogP contribution in [0.3, 0.4) is 0 Å². The summed E-state index contributed by atoms with van der Waals surface area (Å²) in [5.74, 6) is -0.689. The maximum atomic E-state index is 12.6. The number of carbonyl (C=O) groups excluding carboxylic acids is 2. The van der Waals surface area contributed by atoms with E-state index in [4.69, 9.17) is 9.47 Å². The number of allylic oxidation sites excluding steroid dienone is 6. The number of ketones is 1. The number of rotatable bonds is 5. The zero-order valence-corrected chi connectivity index (χ0v) is 18.8. The average molecular weight is 409 g/mol. The van der Waals surface area contributed by atoms with E-state index in [1.807, 2.05) is 63.3 Å². The Labute approximate surface area is 179 Å². The van der Waals surface area contributed by atoms with Crippen LogP contribution in [-0.2, 0) is 19.1 Å². The highest BCUT2D eigenvalue weighted by atomic mass is 16.6. The predicted octanol–water partition coefficient (Wildman–Crippen LogP) is 5.05. The molecule has 3 rings (SSSR count). The molecule has 0 amide bonds. The molecule has 160 valence electrons. The normalized spacial score (nSPS) is 39.6. The van der Waals surface area contributed by atoms with E-state index in [1.165, 1.54) is 0 Å². The molecule has 0 N–H and O–H groups in total. The van der Waals surface area contributed by atoms with Gasteiger partial charge < -0.3 is 9.47 Å². The van der Waals surface area contributed by atoms with Crippen molar-refractivity contribution in [3.8, 4) is 0 Å². The summed E-state index contributed by atoms with van der Waals surface area (Å²) >= 11 is 0. The van der Waals surface area contributed by atoms with Gasteiger partial charge in [0.05, 0.1) is 12.0 Å². The molecule has 2 fully saturated rings. The Morgan fingerprint density at radius 3 is 2.40 bits per heavy atom. The van der Waals surface area contributed by atoms with E-state index >= 15 is 0 Å². The number of carbonyl (C=O) groups is 2. The molecule has 1 saturated heterocycles. The molecule has 1 aliphatic carbocycles. The van der Waals surface area contributed by atoms with Gasteiger partial charge in [-0.3, -0.25) is 9.59 Å². The minimum Gasteiger partial charge on any atom is -0.460 e. The van der Waals surface area contributed by atoms with E-state index in [-0.39, 0.29) is 23.9 Å². The van der Waals surface area contributed by atoms with Crippen LogP contribution in [0, 0.1) is 16.7 Å². The Hall–Kier alpha value is -2.46. The fourth-order valence-electron chi connectivity index (χ4n) is 4.80. The van der Waals surface area contributed by atoms with Crippen molar-refractivity contribution in [2.24, 2.45) is 16.7 Å². The van der Waals surface area contributed by atoms with Crippen molar-refractivity contribution in [3.63, 3.8) is 0 Å². The molecule has 3 aliphatic rings. The van der Waals surface area contributed by atoms with Gasteiger partial charge in [0, 0.05) is 5.41 Å². The third-order valence-corrected chi connectivity index (χ3v) is 7.02. The van der Waals surface area contributed by atoms with Gasteiger partial charge in [0.1, 0.15) is 17.6 Å². The van der Waals surface area contributed by atoms with E-state index in [0.717, 1.165) is 16.7 Å². The van der Waals surface area contributed by atoms with Crippen LogP contribution in [0.4, 0.5) is 0 Å². The van der Waals surface area contributed by atoms with Crippen LogP contribution >= 0.6 is 0 Å². The third-order valence-electron chi connectivity index (χ3n) is 7.02. The molecule has 6 atom stereocenters. The van der Waals surface area contributed by atoms with Crippen molar-refractivity contribution in [1.29, 1.82) is 0 Å². The Kier molecular flexibility index (Phi) is 5.92. The number of hydrogen-bond donors (Lipinski definition) is 0. The lowest BCUT2D eigenvalue weighted by atomic mass is 9.68. The smallest absolute Gasteiger partial charge is 0.320 e. The first kappa shape index (κ1) is 22.2. The van der Waals surface area contributed by atoms with Gasteiger partial charge in [0.25, 0.3) is 0 Å². The van der Waals surface area contributed by atoms with Gasteiger partial charge in [0.2, 0.25) is 0 Å². The molecule has 1 saturated carbocycles. The lowest BCUT2D eigenvalue weighted by Crippen LogP contribution is -2.41.